The second-order valence-corrected chi connectivity index (χ2v) is 5.82. The first kappa shape index (κ1) is 15.6. The van der Waals surface area contributed by atoms with Crippen LogP contribution < -0.4 is 10.6 Å². The number of hydrogen-bond donors (Lipinski definition) is 2. The summed E-state index contributed by atoms with van der Waals surface area (Å²) in [5, 5.41) is 6.31. The lowest BCUT2D eigenvalue weighted by Crippen LogP contribution is -2.10. The first-order valence-electron chi connectivity index (χ1n) is 7.00. The van der Waals surface area contributed by atoms with E-state index in [0.29, 0.717) is 6.42 Å². The Kier molecular flexibility index (Phi) is 5.39. The molecule has 3 nitrogen and oxygen atoms in total. The van der Waals surface area contributed by atoms with Crippen molar-refractivity contribution < 1.29 is 4.79 Å². The van der Waals surface area contributed by atoms with Gasteiger partial charge < -0.3 is 10.6 Å². The third-order valence-electron chi connectivity index (χ3n) is 3.22. The number of nitrogens with one attached hydrogen (secondary N) is 2. The Balaban J connectivity index is 2.06. The van der Waals surface area contributed by atoms with Gasteiger partial charge in [-0.25, -0.2) is 0 Å². The highest BCUT2D eigenvalue weighted by Crippen LogP contribution is 2.23. The molecule has 0 bridgehead atoms. The topological polar surface area (TPSA) is 41.1 Å². The van der Waals surface area contributed by atoms with Gasteiger partial charge in [0.2, 0.25) is 5.91 Å². The molecule has 0 heterocycles. The van der Waals surface area contributed by atoms with E-state index in [9.17, 15) is 4.79 Å². The van der Waals surface area contributed by atoms with Gasteiger partial charge >= 0.3 is 0 Å². The Morgan fingerprint density at radius 1 is 1.14 bits per heavy atom. The molecule has 4 heteroatoms. The molecule has 0 saturated heterocycles. The lowest BCUT2D eigenvalue weighted by molar-refractivity contribution is -0.115. The van der Waals surface area contributed by atoms with E-state index in [1.54, 1.807) is 0 Å². The molecule has 0 fully saturated rings. The minimum absolute atomic E-state index is 0.0214. The second kappa shape index (κ2) is 7.27. The van der Waals surface area contributed by atoms with Gasteiger partial charge in [0.1, 0.15) is 0 Å². The standard InChI is InChI=1S/C17H19BrN2O/c1-3-17(21)20-16-6-4-5-15(11-16)19-12(2)13-7-9-14(18)10-8-13/h4-12,19H,3H2,1-2H3,(H,20,21). The maximum Gasteiger partial charge on any atom is 0.224 e. The van der Waals surface area contributed by atoms with E-state index in [2.05, 4.69) is 45.6 Å². The summed E-state index contributed by atoms with van der Waals surface area (Å²) in [5.41, 5.74) is 3.01. The third-order valence-corrected chi connectivity index (χ3v) is 3.75. The highest BCUT2D eigenvalue weighted by molar-refractivity contribution is 9.10. The molecule has 2 N–H and O–H groups in total. The Morgan fingerprint density at radius 2 is 1.81 bits per heavy atom. The first-order valence-corrected chi connectivity index (χ1v) is 7.79. The van der Waals surface area contributed by atoms with Crippen LogP contribution >= 0.6 is 15.9 Å². The van der Waals surface area contributed by atoms with Crippen LogP contribution in [0.2, 0.25) is 0 Å². The average molecular weight is 347 g/mol. The maximum absolute atomic E-state index is 11.4. The minimum atomic E-state index is 0.0214. The number of carbonyl (C=O) groups is 1. The van der Waals surface area contributed by atoms with Crippen LogP contribution in [0, 0.1) is 0 Å². The molecule has 0 aliphatic carbocycles. The molecule has 1 unspecified atom stereocenters. The van der Waals surface area contributed by atoms with Crippen LogP contribution in [0.4, 0.5) is 11.4 Å². The van der Waals surface area contributed by atoms with Gasteiger partial charge in [0.25, 0.3) is 0 Å². The molecule has 0 radical (unpaired) electrons. The van der Waals surface area contributed by atoms with E-state index in [1.807, 2.05) is 43.3 Å². The van der Waals surface area contributed by atoms with Gasteiger partial charge in [-0.05, 0) is 42.8 Å². The van der Waals surface area contributed by atoms with Crippen molar-refractivity contribution in [1.82, 2.24) is 0 Å². The van der Waals surface area contributed by atoms with Crippen molar-refractivity contribution in [3.8, 4) is 0 Å². The van der Waals surface area contributed by atoms with Gasteiger partial charge in [-0.15, -0.1) is 0 Å². The highest BCUT2D eigenvalue weighted by atomic mass is 79.9. The van der Waals surface area contributed by atoms with Gasteiger partial charge in [0.05, 0.1) is 0 Å². The summed E-state index contributed by atoms with van der Waals surface area (Å²) >= 11 is 3.44. The summed E-state index contributed by atoms with van der Waals surface area (Å²) in [5.74, 6) is 0.0214. The Bertz CT molecular complexity index is 610. The van der Waals surface area contributed by atoms with E-state index in [1.165, 1.54) is 5.56 Å². The maximum atomic E-state index is 11.4. The molecule has 21 heavy (non-hydrogen) atoms. The fourth-order valence-electron chi connectivity index (χ4n) is 2.02. The lowest BCUT2D eigenvalue weighted by Gasteiger charge is -2.16. The Morgan fingerprint density at radius 3 is 2.48 bits per heavy atom. The zero-order valence-electron chi connectivity index (χ0n) is 12.2. The summed E-state index contributed by atoms with van der Waals surface area (Å²) in [6, 6.07) is 16.2. The predicted molar refractivity (Wildman–Crippen MR) is 91.5 cm³/mol. The van der Waals surface area contributed by atoms with Crippen LogP contribution in [0.15, 0.2) is 53.0 Å². The zero-order valence-corrected chi connectivity index (χ0v) is 13.8. The van der Waals surface area contributed by atoms with Crippen LogP contribution in [-0.4, -0.2) is 5.91 Å². The first-order chi connectivity index (χ1) is 10.1. The molecular weight excluding hydrogens is 328 g/mol. The Hall–Kier alpha value is -1.81. The zero-order chi connectivity index (χ0) is 15.2. The molecule has 0 saturated carbocycles. The van der Waals surface area contributed by atoms with Crippen LogP contribution in [0.3, 0.4) is 0 Å². The number of hydrogen-bond acceptors (Lipinski definition) is 2. The molecule has 2 rings (SSSR count). The highest BCUT2D eigenvalue weighted by Gasteiger charge is 2.06. The smallest absolute Gasteiger partial charge is 0.224 e. The molecule has 2 aromatic rings. The minimum Gasteiger partial charge on any atom is -0.378 e. The fourth-order valence-corrected chi connectivity index (χ4v) is 2.29. The molecule has 1 atom stereocenters. The molecule has 110 valence electrons. The van der Waals surface area contributed by atoms with Crippen molar-refractivity contribution in [1.29, 1.82) is 0 Å². The van der Waals surface area contributed by atoms with E-state index in [0.717, 1.165) is 15.8 Å². The molecule has 0 aliphatic heterocycles. The summed E-state index contributed by atoms with van der Waals surface area (Å²) in [6.07, 6.45) is 0.479. The third kappa shape index (κ3) is 4.60. The van der Waals surface area contributed by atoms with Gasteiger partial charge in [-0.1, -0.05) is 41.1 Å². The fraction of sp³-hybridized carbons (Fsp3) is 0.235. The average Bonchev–Trinajstić information content (AvgIpc) is 2.48. The van der Waals surface area contributed by atoms with Crippen molar-refractivity contribution in [2.24, 2.45) is 0 Å². The summed E-state index contributed by atoms with van der Waals surface area (Å²) in [4.78, 5) is 11.4. The largest absolute Gasteiger partial charge is 0.378 e. The van der Waals surface area contributed by atoms with Crippen molar-refractivity contribution in [2.75, 3.05) is 10.6 Å². The number of amides is 1. The van der Waals surface area contributed by atoms with E-state index in [4.69, 9.17) is 0 Å². The van der Waals surface area contributed by atoms with E-state index < -0.39 is 0 Å². The summed E-state index contributed by atoms with van der Waals surface area (Å²) < 4.78 is 1.07. The SMILES string of the molecule is CCC(=O)Nc1cccc(NC(C)c2ccc(Br)cc2)c1. The molecular formula is C17H19BrN2O. The molecule has 0 spiro atoms. The molecule has 2 aromatic carbocycles. The number of anilines is 2. The van der Waals surface area contributed by atoms with Crippen molar-refractivity contribution in [3.05, 3.63) is 58.6 Å². The van der Waals surface area contributed by atoms with Crippen molar-refractivity contribution >= 4 is 33.2 Å². The van der Waals surface area contributed by atoms with Crippen LogP contribution in [-0.2, 0) is 4.79 Å². The van der Waals surface area contributed by atoms with Crippen molar-refractivity contribution in [3.63, 3.8) is 0 Å². The lowest BCUT2D eigenvalue weighted by atomic mass is 10.1. The number of benzene rings is 2. The van der Waals surface area contributed by atoms with Crippen LogP contribution in [0.25, 0.3) is 0 Å². The summed E-state index contributed by atoms with van der Waals surface area (Å²) in [6.45, 7) is 3.95. The number of halogens is 1. The van der Waals surface area contributed by atoms with E-state index in [-0.39, 0.29) is 11.9 Å². The molecule has 0 aromatic heterocycles. The van der Waals surface area contributed by atoms with Gasteiger partial charge in [0, 0.05) is 28.3 Å². The van der Waals surface area contributed by atoms with Crippen LogP contribution in [0.1, 0.15) is 31.9 Å². The van der Waals surface area contributed by atoms with Gasteiger partial charge in [-0.3, -0.25) is 4.79 Å². The molecule has 0 aliphatic rings. The number of carbonyl (C=O) groups excluding carboxylic acids is 1. The van der Waals surface area contributed by atoms with E-state index >= 15 is 0 Å². The second-order valence-electron chi connectivity index (χ2n) is 4.90. The normalized spacial score (nSPS) is 11.8. The predicted octanol–water partition coefficient (Wildman–Crippen LogP) is 4.97. The quantitative estimate of drug-likeness (QED) is 0.802. The van der Waals surface area contributed by atoms with Gasteiger partial charge in [0.15, 0.2) is 0 Å². The van der Waals surface area contributed by atoms with Crippen molar-refractivity contribution in [2.45, 2.75) is 26.3 Å². The number of rotatable bonds is 5. The summed E-state index contributed by atoms with van der Waals surface area (Å²) in [7, 11) is 0. The van der Waals surface area contributed by atoms with Gasteiger partial charge in [-0.2, -0.15) is 0 Å². The molecule has 1 amide bonds. The van der Waals surface area contributed by atoms with Crippen LogP contribution in [0.5, 0.6) is 0 Å². The Labute approximate surface area is 133 Å². The monoisotopic (exact) mass is 346 g/mol.